The van der Waals surface area contributed by atoms with Crippen molar-refractivity contribution >= 4 is 40.0 Å². The number of hydrazine groups is 1. The number of nitrogens with one attached hydrogen (secondary N) is 1. The van der Waals surface area contributed by atoms with Crippen LogP contribution in [0.4, 0.5) is 5.69 Å². The van der Waals surface area contributed by atoms with E-state index in [0.29, 0.717) is 5.69 Å². The highest BCUT2D eigenvalue weighted by atomic mass is 16.4. The van der Waals surface area contributed by atoms with Gasteiger partial charge >= 0.3 is 5.97 Å². The standard InChI is InChI=1S/C22H25N5O5/c1-5-26-21(30)19(24-16-11-23-10-14-8-6-7-9-15(14)16)18(13(2)28)20(22(31)32)27(26)12-17(29)25(3)4/h6-11,20,24H,5,12H2,1-4H3,(H,31,32). The van der Waals surface area contributed by atoms with Crippen LogP contribution in [-0.4, -0.2) is 81.8 Å². The quantitative estimate of drug-likeness (QED) is 0.658. The number of anilines is 1. The molecular formula is C22H25N5O5. The van der Waals surface area contributed by atoms with Gasteiger partial charge in [-0.15, -0.1) is 0 Å². The third kappa shape index (κ3) is 4.17. The minimum absolute atomic E-state index is 0.105. The van der Waals surface area contributed by atoms with Gasteiger partial charge in [-0.05, 0) is 13.8 Å². The first-order valence-electron chi connectivity index (χ1n) is 10.0. The maximum Gasteiger partial charge on any atom is 0.327 e. The highest BCUT2D eigenvalue weighted by Gasteiger charge is 2.46. The number of hydrogen-bond acceptors (Lipinski definition) is 7. The second kappa shape index (κ2) is 9.15. The number of Topliss-reactive ketones (excluding diaryl/α,β-unsaturated/α-hetero) is 1. The molecule has 1 aromatic carbocycles. The van der Waals surface area contributed by atoms with Crippen molar-refractivity contribution in [2.75, 3.05) is 32.5 Å². The molecule has 0 aliphatic carbocycles. The summed E-state index contributed by atoms with van der Waals surface area (Å²) < 4.78 is 0. The molecule has 0 saturated heterocycles. The van der Waals surface area contributed by atoms with E-state index in [1.165, 1.54) is 37.1 Å². The molecule has 0 saturated carbocycles. The highest BCUT2D eigenvalue weighted by Crippen LogP contribution is 2.30. The Morgan fingerprint density at radius 1 is 1.19 bits per heavy atom. The number of pyridine rings is 1. The average Bonchev–Trinajstić information content (AvgIpc) is 2.75. The second-order valence-corrected chi connectivity index (χ2v) is 7.53. The number of likely N-dealkylation sites (N-methyl/N-ethyl adjacent to an activating group) is 2. The molecule has 2 N–H and O–H groups in total. The maximum atomic E-state index is 13.4. The molecule has 2 heterocycles. The summed E-state index contributed by atoms with van der Waals surface area (Å²) >= 11 is 0. The summed E-state index contributed by atoms with van der Waals surface area (Å²) in [7, 11) is 3.06. The zero-order valence-corrected chi connectivity index (χ0v) is 18.3. The molecule has 10 nitrogen and oxygen atoms in total. The van der Waals surface area contributed by atoms with E-state index in [0.717, 1.165) is 15.8 Å². The lowest BCUT2D eigenvalue weighted by molar-refractivity contribution is -0.166. The maximum absolute atomic E-state index is 13.4. The Kier molecular flexibility index (Phi) is 6.54. The van der Waals surface area contributed by atoms with E-state index in [9.17, 15) is 24.3 Å². The van der Waals surface area contributed by atoms with Crippen molar-refractivity contribution in [1.29, 1.82) is 0 Å². The Hall–Kier alpha value is -3.79. The van der Waals surface area contributed by atoms with Gasteiger partial charge in [0.05, 0.1) is 24.0 Å². The number of fused-ring (bicyclic) bond motifs is 1. The number of aromatic nitrogens is 1. The van der Waals surface area contributed by atoms with E-state index in [4.69, 9.17) is 0 Å². The molecule has 1 aliphatic heterocycles. The number of carbonyl (C=O) groups is 4. The van der Waals surface area contributed by atoms with Gasteiger partial charge in [0.2, 0.25) is 5.91 Å². The Balaban J connectivity index is 2.18. The summed E-state index contributed by atoms with van der Waals surface area (Å²) in [4.78, 5) is 56.1. The third-order valence-corrected chi connectivity index (χ3v) is 5.24. The largest absolute Gasteiger partial charge is 0.480 e. The molecule has 1 aliphatic rings. The van der Waals surface area contributed by atoms with E-state index in [2.05, 4.69) is 10.3 Å². The molecule has 32 heavy (non-hydrogen) atoms. The van der Waals surface area contributed by atoms with Crippen LogP contribution in [0.2, 0.25) is 0 Å². The van der Waals surface area contributed by atoms with Gasteiger partial charge in [0.15, 0.2) is 11.8 Å². The lowest BCUT2D eigenvalue weighted by Gasteiger charge is -2.43. The number of carboxylic acid groups (broad SMARTS) is 1. The minimum Gasteiger partial charge on any atom is -0.480 e. The molecule has 3 rings (SSSR count). The van der Waals surface area contributed by atoms with Crippen LogP contribution in [0, 0.1) is 0 Å². The van der Waals surface area contributed by atoms with Crippen molar-refractivity contribution in [3.63, 3.8) is 0 Å². The smallest absolute Gasteiger partial charge is 0.327 e. The molecule has 1 aromatic heterocycles. The van der Waals surface area contributed by atoms with Gasteiger partial charge in [-0.1, -0.05) is 24.3 Å². The molecule has 0 fully saturated rings. The average molecular weight is 439 g/mol. The Morgan fingerprint density at radius 2 is 1.88 bits per heavy atom. The van der Waals surface area contributed by atoms with Crippen LogP contribution in [0.5, 0.6) is 0 Å². The first kappa shape index (κ1) is 22.9. The van der Waals surface area contributed by atoms with E-state index in [-0.39, 0.29) is 24.4 Å². The molecule has 0 bridgehead atoms. The Labute approximate surface area is 185 Å². The predicted molar refractivity (Wildman–Crippen MR) is 117 cm³/mol. The molecule has 10 heteroatoms. The number of carboxylic acids is 1. The molecule has 2 aromatic rings. The molecule has 168 valence electrons. The SMILES string of the molecule is CCN1C(=O)C(Nc2cncc3ccccc23)=C(C(C)=O)C(C(=O)O)N1CC(=O)N(C)C. The first-order valence-corrected chi connectivity index (χ1v) is 10.0. The van der Waals surface area contributed by atoms with Crippen molar-refractivity contribution in [3.05, 3.63) is 47.9 Å². The zero-order valence-electron chi connectivity index (χ0n) is 18.3. The number of aliphatic carboxylic acids is 1. The molecule has 2 amide bonds. The van der Waals surface area contributed by atoms with Gasteiger partial charge in [-0.3, -0.25) is 29.2 Å². The Morgan fingerprint density at radius 3 is 2.47 bits per heavy atom. The van der Waals surface area contributed by atoms with Crippen LogP contribution in [0.3, 0.4) is 0 Å². The molecule has 1 unspecified atom stereocenters. The molecule has 0 spiro atoms. The van der Waals surface area contributed by atoms with Crippen LogP contribution in [0.1, 0.15) is 13.8 Å². The van der Waals surface area contributed by atoms with Crippen LogP contribution < -0.4 is 5.32 Å². The van der Waals surface area contributed by atoms with Gasteiger partial charge in [0.1, 0.15) is 5.70 Å². The summed E-state index contributed by atoms with van der Waals surface area (Å²) in [5, 5.41) is 16.9. The zero-order chi connectivity index (χ0) is 23.6. The number of rotatable bonds is 7. The van der Waals surface area contributed by atoms with Crippen LogP contribution >= 0.6 is 0 Å². The number of carbonyl (C=O) groups excluding carboxylic acids is 3. The van der Waals surface area contributed by atoms with E-state index in [1.807, 2.05) is 24.3 Å². The molecular weight excluding hydrogens is 414 g/mol. The summed E-state index contributed by atoms with van der Waals surface area (Å²) in [6.45, 7) is 2.60. The van der Waals surface area contributed by atoms with Crippen molar-refractivity contribution in [2.24, 2.45) is 0 Å². The second-order valence-electron chi connectivity index (χ2n) is 7.53. The lowest BCUT2D eigenvalue weighted by atomic mass is 9.96. The highest BCUT2D eigenvalue weighted by molar-refractivity contribution is 6.12. The first-order chi connectivity index (χ1) is 15.2. The number of hydrogen-bond donors (Lipinski definition) is 2. The number of amides is 2. The van der Waals surface area contributed by atoms with Crippen LogP contribution in [-0.2, 0) is 19.2 Å². The summed E-state index contributed by atoms with van der Waals surface area (Å²) in [5.41, 5.74) is 0.105. The summed E-state index contributed by atoms with van der Waals surface area (Å²) in [5.74, 6) is -2.93. The Bertz CT molecular complexity index is 1120. The van der Waals surface area contributed by atoms with Gasteiger partial charge in [-0.25, -0.2) is 0 Å². The summed E-state index contributed by atoms with van der Waals surface area (Å²) in [6.07, 6.45) is 3.17. The fraction of sp³-hybridized carbons (Fsp3) is 0.318. The van der Waals surface area contributed by atoms with Crippen LogP contribution in [0.15, 0.2) is 47.9 Å². The minimum atomic E-state index is -1.51. The fourth-order valence-corrected chi connectivity index (χ4v) is 3.66. The topological polar surface area (TPSA) is 123 Å². The van der Waals surface area contributed by atoms with Gasteiger partial charge in [-0.2, -0.15) is 5.01 Å². The third-order valence-electron chi connectivity index (χ3n) is 5.24. The van der Waals surface area contributed by atoms with E-state index >= 15 is 0 Å². The van der Waals surface area contributed by atoms with E-state index < -0.39 is 29.6 Å². The van der Waals surface area contributed by atoms with Gasteiger partial charge in [0.25, 0.3) is 5.91 Å². The molecule has 0 radical (unpaired) electrons. The van der Waals surface area contributed by atoms with Crippen LogP contribution in [0.25, 0.3) is 10.8 Å². The van der Waals surface area contributed by atoms with E-state index in [1.54, 1.807) is 13.1 Å². The van der Waals surface area contributed by atoms with Crippen molar-refractivity contribution in [2.45, 2.75) is 19.9 Å². The van der Waals surface area contributed by atoms with Gasteiger partial charge < -0.3 is 15.3 Å². The lowest BCUT2D eigenvalue weighted by Crippen LogP contribution is -2.62. The number of nitrogens with zero attached hydrogens (tertiary/aromatic N) is 4. The number of benzene rings is 1. The predicted octanol–water partition coefficient (Wildman–Crippen LogP) is 1.11. The number of ketones is 1. The monoisotopic (exact) mass is 439 g/mol. The van der Waals surface area contributed by atoms with Crippen molar-refractivity contribution in [1.82, 2.24) is 19.9 Å². The van der Waals surface area contributed by atoms with Crippen molar-refractivity contribution < 1.29 is 24.3 Å². The molecule has 1 atom stereocenters. The normalized spacial score (nSPS) is 16.9. The van der Waals surface area contributed by atoms with Gasteiger partial charge in [0, 0.05) is 37.6 Å². The van der Waals surface area contributed by atoms with Crippen molar-refractivity contribution in [3.8, 4) is 0 Å². The summed E-state index contributed by atoms with van der Waals surface area (Å²) in [6, 6.07) is 5.83. The fourth-order valence-electron chi connectivity index (χ4n) is 3.66.